The second-order valence-corrected chi connectivity index (χ2v) is 6.24. The standard InChI is InChI=1S/C19H24O/c1-14-10-11-15(2)16(12-14)13-18(20)19(3,4)17-8-6-5-7-9-17/h5-12,18,20H,13H2,1-4H3. The molecule has 0 aliphatic carbocycles. The Hall–Kier alpha value is -1.60. The molecule has 0 saturated heterocycles. The van der Waals surface area contributed by atoms with Crippen LogP contribution in [0.3, 0.4) is 0 Å². The van der Waals surface area contributed by atoms with E-state index in [2.05, 4.69) is 58.0 Å². The van der Waals surface area contributed by atoms with Crippen LogP contribution in [-0.2, 0) is 11.8 Å². The zero-order valence-corrected chi connectivity index (χ0v) is 12.9. The van der Waals surface area contributed by atoms with Crippen LogP contribution < -0.4 is 0 Å². The first kappa shape index (κ1) is 14.8. The van der Waals surface area contributed by atoms with Gasteiger partial charge in [-0.1, -0.05) is 67.9 Å². The van der Waals surface area contributed by atoms with Crippen molar-refractivity contribution < 1.29 is 5.11 Å². The minimum absolute atomic E-state index is 0.253. The van der Waals surface area contributed by atoms with Crippen LogP contribution in [-0.4, -0.2) is 11.2 Å². The van der Waals surface area contributed by atoms with E-state index in [1.807, 2.05) is 18.2 Å². The van der Waals surface area contributed by atoms with E-state index in [0.29, 0.717) is 6.42 Å². The molecule has 0 heterocycles. The monoisotopic (exact) mass is 268 g/mol. The normalized spacial score (nSPS) is 13.2. The number of aliphatic hydroxyl groups excluding tert-OH is 1. The summed E-state index contributed by atoms with van der Waals surface area (Å²) in [7, 11) is 0. The lowest BCUT2D eigenvalue weighted by molar-refractivity contribution is 0.0998. The Kier molecular flexibility index (Phi) is 4.29. The van der Waals surface area contributed by atoms with Crippen molar-refractivity contribution in [2.45, 2.75) is 45.6 Å². The third-order valence-corrected chi connectivity index (χ3v) is 4.27. The summed E-state index contributed by atoms with van der Waals surface area (Å²) in [5, 5.41) is 10.7. The minimum Gasteiger partial charge on any atom is -0.392 e. The van der Waals surface area contributed by atoms with Gasteiger partial charge in [0.05, 0.1) is 6.10 Å². The summed E-state index contributed by atoms with van der Waals surface area (Å²) in [5.41, 5.74) is 4.66. The first-order valence-electron chi connectivity index (χ1n) is 7.21. The van der Waals surface area contributed by atoms with E-state index in [1.165, 1.54) is 22.3 Å². The molecule has 0 aliphatic rings. The van der Waals surface area contributed by atoms with E-state index in [1.54, 1.807) is 0 Å². The number of hydrogen-bond donors (Lipinski definition) is 1. The van der Waals surface area contributed by atoms with Gasteiger partial charge < -0.3 is 5.11 Å². The van der Waals surface area contributed by atoms with E-state index in [0.717, 1.165) is 0 Å². The second-order valence-electron chi connectivity index (χ2n) is 6.24. The number of aryl methyl sites for hydroxylation is 2. The van der Waals surface area contributed by atoms with Crippen LogP contribution in [0.2, 0.25) is 0 Å². The van der Waals surface area contributed by atoms with Gasteiger partial charge in [0.1, 0.15) is 0 Å². The molecule has 0 saturated carbocycles. The lowest BCUT2D eigenvalue weighted by Gasteiger charge is -2.31. The molecule has 0 bridgehead atoms. The average molecular weight is 268 g/mol. The average Bonchev–Trinajstić information content (AvgIpc) is 2.43. The first-order chi connectivity index (χ1) is 9.41. The van der Waals surface area contributed by atoms with Crippen LogP contribution in [0.1, 0.15) is 36.1 Å². The smallest absolute Gasteiger partial charge is 0.0671 e. The fourth-order valence-corrected chi connectivity index (χ4v) is 2.54. The lowest BCUT2D eigenvalue weighted by atomic mass is 9.77. The number of hydrogen-bond acceptors (Lipinski definition) is 1. The van der Waals surface area contributed by atoms with Crippen molar-refractivity contribution in [2.24, 2.45) is 0 Å². The van der Waals surface area contributed by atoms with Gasteiger partial charge in [0.15, 0.2) is 0 Å². The Morgan fingerprint density at radius 3 is 2.30 bits per heavy atom. The molecule has 0 aromatic heterocycles. The molecule has 0 spiro atoms. The fourth-order valence-electron chi connectivity index (χ4n) is 2.54. The maximum Gasteiger partial charge on any atom is 0.0671 e. The molecular weight excluding hydrogens is 244 g/mol. The van der Waals surface area contributed by atoms with Crippen molar-refractivity contribution in [1.29, 1.82) is 0 Å². The highest BCUT2D eigenvalue weighted by Crippen LogP contribution is 2.29. The molecule has 1 nitrogen and oxygen atoms in total. The Morgan fingerprint density at radius 1 is 1.00 bits per heavy atom. The van der Waals surface area contributed by atoms with E-state index < -0.39 is 6.10 Å². The quantitative estimate of drug-likeness (QED) is 0.881. The van der Waals surface area contributed by atoms with Crippen molar-refractivity contribution in [3.8, 4) is 0 Å². The molecular formula is C19H24O. The molecule has 2 aromatic rings. The van der Waals surface area contributed by atoms with Gasteiger partial charge in [-0.25, -0.2) is 0 Å². The third kappa shape index (κ3) is 3.10. The largest absolute Gasteiger partial charge is 0.392 e. The molecule has 1 unspecified atom stereocenters. The summed E-state index contributed by atoms with van der Waals surface area (Å²) in [6.45, 7) is 8.42. The predicted octanol–water partition coefficient (Wildman–Crippen LogP) is 4.18. The maximum atomic E-state index is 10.7. The van der Waals surface area contributed by atoms with Gasteiger partial charge in [-0.15, -0.1) is 0 Å². The fraction of sp³-hybridized carbons (Fsp3) is 0.368. The minimum atomic E-state index is -0.398. The number of rotatable bonds is 4. The first-order valence-corrected chi connectivity index (χ1v) is 7.21. The Bertz CT molecular complexity index is 570. The highest BCUT2D eigenvalue weighted by molar-refractivity contribution is 5.33. The van der Waals surface area contributed by atoms with Gasteiger partial charge in [0.25, 0.3) is 0 Å². The molecule has 0 aliphatic heterocycles. The number of aliphatic hydroxyl groups is 1. The van der Waals surface area contributed by atoms with Gasteiger partial charge in [0.2, 0.25) is 0 Å². The van der Waals surface area contributed by atoms with Crippen LogP contribution in [0, 0.1) is 13.8 Å². The molecule has 2 aromatic carbocycles. The Labute approximate surface area is 122 Å². The predicted molar refractivity (Wildman–Crippen MR) is 85.1 cm³/mol. The zero-order chi connectivity index (χ0) is 14.8. The van der Waals surface area contributed by atoms with Crippen molar-refractivity contribution in [3.05, 3.63) is 70.8 Å². The molecule has 1 N–H and O–H groups in total. The van der Waals surface area contributed by atoms with Crippen LogP contribution in [0.25, 0.3) is 0 Å². The molecule has 106 valence electrons. The second kappa shape index (κ2) is 5.80. The van der Waals surface area contributed by atoms with Crippen LogP contribution >= 0.6 is 0 Å². The summed E-state index contributed by atoms with van der Waals surface area (Å²) in [6, 6.07) is 16.7. The topological polar surface area (TPSA) is 20.2 Å². The lowest BCUT2D eigenvalue weighted by Crippen LogP contribution is -2.35. The summed E-state index contributed by atoms with van der Waals surface area (Å²) in [4.78, 5) is 0. The number of benzene rings is 2. The molecule has 0 radical (unpaired) electrons. The van der Waals surface area contributed by atoms with Crippen molar-refractivity contribution >= 4 is 0 Å². The summed E-state index contributed by atoms with van der Waals surface area (Å²) in [6.07, 6.45) is 0.292. The molecule has 20 heavy (non-hydrogen) atoms. The molecule has 1 heteroatoms. The van der Waals surface area contributed by atoms with Gasteiger partial charge >= 0.3 is 0 Å². The van der Waals surface area contributed by atoms with Crippen LogP contribution in [0.5, 0.6) is 0 Å². The Balaban J connectivity index is 2.23. The van der Waals surface area contributed by atoms with Gasteiger partial charge in [-0.2, -0.15) is 0 Å². The van der Waals surface area contributed by atoms with Crippen LogP contribution in [0.15, 0.2) is 48.5 Å². The molecule has 1 atom stereocenters. The van der Waals surface area contributed by atoms with Gasteiger partial charge in [-0.3, -0.25) is 0 Å². The van der Waals surface area contributed by atoms with Crippen LogP contribution in [0.4, 0.5) is 0 Å². The Morgan fingerprint density at radius 2 is 1.65 bits per heavy atom. The summed E-state index contributed by atoms with van der Waals surface area (Å²) >= 11 is 0. The van der Waals surface area contributed by atoms with Crippen molar-refractivity contribution in [3.63, 3.8) is 0 Å². The van der Waals surface area contributed by atoms with Gasteiger partial charge in [-0.05, 0) is 37.0 Å². The third-order valence-electron chi connectivity index (χ3n) is 4.27. The zero-order valence-electron chi connectivity index (χ0n) is 12.9. The maximum absolute atomic E-state index is 10.7. The van der Waals surface area contributed by atoms with E-state index in [-0.39, 0.29) is 5.41 Å². The molecule has 2 rings (SSSR count). The van der Waals surface area contributed by atoms with Gasteiger partial charge in [0, 0.05) is 5.41 Å². The van der Waals surface area contributed by atoms with Crippen molar-refractivity contribution in [1.82, 2.24) is 0 Å². The summed E-state index contributed by atoms with van der Waals surface area (Å²) < 4.78 is 0. The SMILES string of the molecule is Cc1ccc(C)c(CC(O)C(C)(C)c2ccccc2)c1. The highest BCUT2D eigenvalue weighted by Gasteiger charge is 2.29. The van der Waals surface area contributed by atoms with E-state index in [9.17, 15) is 5.11 Å². The highest BCUT2D eigenvalue weighted by atomic mass is 16.3. The molecule has 0 fully saturated rings. The molecule has 0 amide bonds. The van der Waals surface area contributed by atoms with Crippen molar-refractivity contribution in [2.75, 3.05) is 0 Å². The summed E-state index contributed by atoms with van der Waals surface area (Å²) in [5.74, 6) is 0. The van der Waals surface area contributed by atoms with E-state index >= 15 is 0 Å². The van der Waals surface area contributed by atoms with E-state index in [4.69, 9.17) is 0 Å².